The summed E-state index contributed by atoms with van der Waals surface area (Å²) in [5.41, 5.74) is 2.85. The summed E-state index contributed by atoms with van der Waals surface area (Å²) in [6.45, 7) is 2.41. The van der Waals surface area contributed by atoms with Crippen LogP contribution >= 0.6 is 11.3 Å². The first kappa shape index (κ1) is 17.1. The first-order chi connectivity index (χ1) is 12.0. The minimum absolute atomic E-state index is 0.0254. The van der Waals surface area contributed by atoms with Gasteiger partial charge in [0.1, 0.15) is 0 Å². The number of amides is 4. The number of nitrogens with zero attached hydrogens (tertiary/aromatic N) is 2. The molecule has 2 heterocycles. The number of hydrogen-bond donors (Lipinski definition) is 2. The quantitative estimate of drug-likeness (QED) is 0.762. The summed E-state index contributed by atoms with van der Waals surface area (Å²) >= 11 is 1.60. The number of benzene rings is 1. The number of carbonyl (C=O) groups is 3. The number of hydrogen-bond acceptors (Lipinski definition) is 5. The first-order valence-corrected chi connectivity index (χ1v) is 8.77. The van der Waals surface area contributed by atoms with Crippen LogP contribution in [0.15, 0.2) is 29.6 Å². The molecule has 130 valence electrons. The van der Waals surface area contributed by atoms with Gasteiger partial charge in [-0.05, 0) is 12.5 Å². The molecule has 1 fully saturated rings. The molecule has 1 aromatic carbocycles. The van der Waals surface area contributed by atoms with E-state index in [-0.39, 0.29) is 37.9 Å². The largest absolute Gasteiger partial charge is 0.354 e. The van der Waals surface area contributed by atoms with Crippen molar-refractivity contribution in [2.75, 3.05) is 19.6 Å². The van der Waals surface area contributed by atoms with Crippen LogP contribution in [0, 0.1) is 6.92 Å². The lowest BCUT2D eigenvalue weighted by atomic mass is 10.1. The highest BCUT2D eigenvalue weighted by Gasteiger charge is 2.27. The van der Waals surface area contributed by atoms with Crippen LogP contribution in [0.1, 0.15) is 10.6 Å². The maximum atomic E-state index is 12.0. The van der Waals surface area contributed by atoms with Crippen molar-refractivity contribution in [2.24, 2.45) is 0 Å². The van der Waals surface area contributed by atoms with Crippen LogP contribution in [0.2, 0.25) is 0 Å². The van der Waals surface area contributed by atoms with Crippen LogP contribution in [0.5, 0.6) is 0 Å². The van der Waals surface area contributed by atoms with Gasteiger partial charge in [0.05, 0.1) is 23.7 Å². The minimum Gasteiger partial charge on any atom is -0.354 e. The Hall–Kier alpha value is -2.74. The summed E-state index contributed by atoms with van der Waals surface area (Å²) in [6.07, 6.45) is 0.247. The maximum absolute atomic E-state index is 12.0. The molecular weight excluding hydrogens is 340 g/mol. The second-order valence-electron chi connectivity index (χ2n) is 5.68. The molecule has 0 bridgehead atoms. The Bertz CT molecular complexity index is 784. The molecule has 0 saturated carbocycles. The fourth-order valence-corrected chi connectivity index (χ4v) is 3.15. The zero-order chi connectivity index (χ0) is 17.8. The standard InChI is InChI=1S/C17H18N4O3S/c1-11-20-14(10-25-11)13-4-2-12(3-5-13)8-15(22)18-6-7-21-16(23)9-19-17(21)24/h2-5,10H,6-9H2,1H3,(H,18,22)(H,19,24). The van der Waals surface area contributed by atoms with Crippen molar-refractivity contribution in [1.82, 2.24) is 20.5 Å². The van der Waals surface area contributed by atoms with Gasteiger partial charge in [-0.15, -0.1) is 11.3 Å². The van der Waals surface area contributed by atoms with Gasteiger partial charge in [0.25, 0.3) is 0 Å². The van der Waals surface area contributed by atoms with E-state index in [1.165, 1.54) is 0 Å². The van der Waals surface area contributed by atoms with Crippen LogP contribution in [0.4, 0.5) is 4.79 Å². The van der Waals surface area contributed by atoms with E-state index < -0.39 is 6.03 Å². The van der Waals surface area contributed by atoms with Crippen LogP contribution in [0.25, 0.3) is 11.3 Å². The van der Waals surface area contributed by atoms with Gasteiger partial charge in [0, 0.05) is 24.0 Å². The fourth-order valence-electron chi connectivity index (χ4n) is 2.53. The second kappa shape index (κ2) is 7.43. The van der Waals surface area contributed by atoms with Crippen LogP contribution < -0.4 is 10.6 Å². The molecule has 3 rings (SSSR count). The van der Waals surface area contributed by atoms with E-state index >= 15 is 0 Å². The summed E-state index contributed by atoms with van der Waals surface area (Å²) in [6, 6.07) is 7.30. The highest BCUT2D eigenvalue weighted by Crippen LogP contribution is 2.21. The van der Waals surface area contributed by atoms with Crippen LogP contribution in [-0.2, 0) is 16.0 Å². The van der Waals surface area contributed by atoms with Crippen molar-refractivity contribution in [3.8, 4) is 11.3 Å². The number of urea groups is 1. The Morgan fingerprint density at radius 2 is 2.08 bits per heavy atom. The summed E-state index contributed by atoms with van der Waals surface area (Å²) in [4.78, 5) is 40.3. The lowest BCUT2D eigenvalue weighted by molar-refractivity contribution is -0.125. The lowest BCUT2D eigenvalue weighted by Crippen LogP contribution is -2.39. The molecule has 8 heteroatoms. The molecule has 1 aromatic heterocycles. The smallest absolute Gasteiger partial charge is 0.324 e. The Kier molecular flexibility index (Phi) is 5.08. The predicted molar refractivity (Wildman–Crippen MR) is 94.1 cm³/mol. The molecule has 0 aliphatic carbocycles. The molecule has 2 N–H and O–H groups in total. The maximum Gasteiger partial charge on any atom is 0.324 e. The third-order valence-electron chi connectivity index (χ3n) is 3.83. The highest BCUT2D eigenvalue weighted by atomic mass is 32.1. The van der Waals surface area contributed by atoms with Gasteiger partial charge in [0.2, 0.25) is 11.8 Å². The van der Waals surface area contributed by atoms with Crippen molar-refractivity contribution in [3.63, 3.8) is 0 Å². The predicted octanol–water partition coefficient (Wildman–Crippen LogP) is 1.33. The molecule has 0 spiro atoms. The SMILES string of the molecule is Cc1nc(-c2ccc(CC(=O)NCCN3C(=O)CNC3=O)cc2)cs1. The zero-order valence-electron chi connectivity index (χ0n) is 13.7. The van der Waals surface area contributed by atoms with E-state index in [9.17, 15) is 14.4 Å². The van der Waals surface area contributed by atoms with Gasteiger partial charge in [-0.1, -0.05) is 24.3 Å². The number of aromatic nitrogens is 1. The summed E-state index contributed by atoms with van der Waals surface area (Å²) in [5.74, 6) is -0.420. The van der Waals surface area contributed by atoms with Crippen molar-refractivity contribution in [3.05, 3.63) is 40.2 Å². The van der Waals surface area contributed by atoms with Crippen molar-refractivity contribution >= 4 is 29.2 Å². The first-order valence-electron chi connectivity index (χ1n) is 7.89. The topological polar surface area (TPSA) is 91.4 Å². The fraction of sp³-hybridized carbons (Fsp3) is 0.294. The van der Waals surface area contributed by atoms with Crippen LogP contribution in [0.3, 0.4) is 0 Å². The van der Waals surface area contributed by atoms with Gasteiger partial charge in [-0.3, -0.25) is 14.5 Å². The van der Waals surface area contributed by atoms with Crippen molar-refractivity contribution in [1.29, 1.82) is 0 Å². The number of rotatable bonds is 6. The Labute approximate surface area is 149 Å². The Balaban J connectivity index is 1.48. The van der Waals surface area contributed by atoms with E-state index in [2.05, 4.69) is 15.6 Å². The molecule has 0 radical (unpaired) electrons. The number of aryl methyl sites for hydroxylation is 1. The molecule has 4 amide bonds. The van der Waals surface area contributed by atoms with Crippen molar-refractivity contribution < 1.29 is 14.4 Å². The number of imide groups is 1. The number of nitrogens with one attached hydrogen (secondary N) is 2. The minimum atomic E-state index is -0.410. The van der Waals surface area contributed by atoms with E-state index in [4.69, 9.17) is 0 Å². The Morgan fingerprint density at radius 1 is 1.32 bits per heavy atom. The van der Waals surface area contributed by atoms with Crippen LogP contribution in [-0.4, -0.2) is 47.4 Å². The average Bonchev–Trinajstić information content (AvgIpc) is 3.16. The molecule has 1 saturated heterocycles. The van der Waals surface area contributed by atoms with Crippen molar-refractivity contribution in [2.45, 2.75) is 13.3 Å². The normalized spacial score (nSPS) is 13.9. The van der Waals surface area contributed by atoms with E-state index in [0.29, 0.717) is 0 Å². The third-order valence-corrected chi connectivity index (χ3v) is 4.60. The summed E-state index contributed by atoms with van der Waals surface area (Å²) in [7, 11) is 0. The van der Waals surface area contributed by atoms with E-state index in [1.807, 2.05) is 36.6 Å². The molecule has 1 aliphatic rings. The molecule has 2 aromatic rings. The zero-order valence-corrected chi connectivity index (χ0v) is 14.6. The number of carbonyl (C=O) groups excluding carboxylic acids is 3. The average molecular weight is 358 g/mol. The van der Waals surface area contributed by atoms with Gasteiger partial charge in [0.15, 0.2) is 0 Å². The van der Waals surface area contributed by atoms with Gasteiger partial charge >= 0.3 is 6.03 Å². The second-order valence-corrected chi connectivity index (χ2v) is 6.74. The molecule has 0 unspecified atom stereocenters. The molecule has 0 atom stereocenters. The third kappa shape index (κ3) is 4.21. The van der Waals surface area contributed by atoms with E-state index in [1.54, 1.807) is 11.3 Å². The highest BCUT2D eigenvalue weighted by molar-refractivity contribution is 7.09. The lowest BCUT2D eigenvalue weighted by Gasteiger charge is -2.12. The Morgan fingerprint density at radius 3 is 2.68 bits per heavy atom. The molecule has 25 heavy (non-hydrogen) atoms. The summed E-state index contributed by atoms with van der Waals surface area (Å²) in [5, 5.41) is 8.19. The van der Waals surface area contributed by atoms with Gasteiger partial charge in [-0.25, -0.2) is 9.78 Å². The summed E-state index contributed by atoms with van der Waals surface area (Å²) < 4.78 is 0. The molecule has 7 nitrogen and oxygen atoms in total. The van der Waals surface area contributed by atoms with E-state index in [0.717, 1.165) is 26.7 Å². The monoisotopic (exact) mass is 358 g/mol. The molecule has 1 aliphatic heterocycles. The molecular formula is C17H18N4O3S. The number of thiazole rings is 1. The van der Waals surface area contributed by atoms with Gasteiger partial charge < -0.3 is 10.6 Å². The van der Waals surface area contributed by atoms with Gasteiger partial charge in [-0.2, -0.15) is 0 Å².